The van der Waals surface area contributed by atoms with Gasteiger partial charge in [0, 0.05) is 10.9 Å². The first kappa shape index (κ1) is 12.7. The minimum absolute atomic E-state index is 0.675. The molecule has 0 atom stereocenters. The summed E-state index contributed by atoms with van der Waals surface area (Å²) in [4.78, 5) is 0. The van der Waals surface area contributed by atoms with Crippen LogP contribution in [0, 0.1) is 18.3 Å². The van der Waals surface area contributed by atoms with Crippen molar-refractivity contribution in [3.05, 3.63) is 71.8 Å². The van der Waals surface area contributed by atoms with Gasteiger partial charge in [-0.25, -0.2) is 0 Å². The Kier molecular flexibility index (Phi) is 2.74. The first-order valence-electron chi connectivity index (χ1n) is 7.19. The molecule has 0 N–H and O–H groups in total. The zero-order chi connectivity index (χ0) is 15.1. The van der Waals surface area contributed by atoms with Crippen LogP contribution in [-0.2, 0) is 0 Å². The third-order valence-corrected chi connectivity index (χ3v) is 4.06. The second-order valence-corrected chi connectivity index (χ2v) is 5.45. The Morgan fingerprint density at radius 1 is 0.909 bits per heavy atom. The van der Waals surface area contributed by atoms with E-state index < -0.39 is 0 Å². The van der Waals surface area contributed by atoms with Crippen LogP contribution < -0.4 is 0 Å². The van der Waals surface area contributed by atoms with Gasteiger partial charge in [0.2, 0.25) is 0 Å². The summed E-state index contributed by atoms with van der Waals surface area (Å²) in [6.07, 6.45) is 0. The minimum Gasteiger partial charge on any atom is -0.456 e. The van der Waals surface area contributed by atoms with Crippen LogP contribution in [0.4, 0.5) is 0 Å². The number of aryl methyl sites for hydroxylation is 1. The van der Waals surface area contributed by atoms with Crippen LogP contribution in [0.15, 0.2) is 65.1 Å². The number of rotatable bonds is 1. The van der Waals surface area contributed by atoms with Crippen molar-refractivity contribution in [3.8, 4) is 17.4 Å². The van der Waals surface area contributed by atoms with Crippen LogP contribution >= 0.6 is 0 Å². The number of nitrogens with zero attached hydrogens (tertiary/aromatic N) is 1. The lowest BCUT2D eigenvalue weighted by molar-refractivity contribution is 0.631. The Morgan fingerprint density at radius 3 is 2.59 bits per heavy atom. The Morgan fingerprint density at radius 2 is 1.77 bits per heavy atom. The number of fused-ring (bicyclic) bond motifs is 3. The van der Waals surface area contributed by atoms with E-state index >= 15 is 0 Å². The van der Waals surface area contributed by atoms with Crippen LogP contribution in [0.5, 0.6) is 0 Å². The van der Waals surface area contributed by atoms with Gasteiger partial charge in [0.05, 0.1) is 11.6 Å². The molecule has 1 heterocycles. The maximum absolute atomic E-state index is 9.03. The molecule has 2 nitrogen and oxygen atoms in total. The van der Waals surface area contributed by atoms with E-state index in [2.05, 4.69) is 31.2 Å². The topological polar surface area (TPSA) is 36.9 Å². The van der Waals surface area contributed by atoms with Gasteiger partial charge in [-0.1, -0.05) is 36.4 Å². The molecule has 22 heavy (non-hydrogen) atoms. The molecule has 2 heteroatoms. The molecule has 4 aromatic rings. The Balaban J connectivity index is 2.00. The average molecular weight is 283 g/mol. The fourth-order valence-electron chi connectivity index (χ4n) is 2.90. The van der Waals surface area contributed by atoms with E-state index in [0.29, 0.717) is 5.56 Å². The van der Waals surface area contributed by atoms with Crippen LogP contribution in [0.3, 0.4) is 0 Å². The summed E-state index contributed by atoms with van der Waals surface area (Å²) in [6, 6.07) is 22.2. The maximum Gasteiger partial charge on any atom is 0.135 e. The van der Waals surface area contributed by atoms with Gasteiger partial charge in [-0.15, -0.1) is 0 Å². The molecule has 0 aliphatic carbocycles. The van der Waals surface area contributed by atoms with E-state index in [-0.39, 0.29) is 0 Å². The number of hydrogen-bond donors (Lipinski definition) is 0. The second kappa shape index (κ2) is 4.75. The molecule has 0 saturated heterocycles. The molecule has 104 valence electrons. The predicted molar refractivity (Wildman–Crippen MR) is 88.6 cm³/mol. The zero-order valence-electron chi connectivity index (χ0n) is 12.1. The molecule has 0 radical (unpaired) electrons. The maximum atomic E-state index is 9.03. The van der Waals surface area contributed by atoms with Crippen LogP contribution in [-0.4, -0.2) is 0 Å². The third kappa shape index (κ3) is 1.88. The monoisotopic (exact) mass is 283 g/mol. The summed E-state index contributed by atoms with van der Waals surface area (Å²) in [6.45, 7) is 2.08. The Labute approximate surface area is 128 Å². The van der Waals surface area contributed by atoms with Crippen molar-refractivity contribution in [3.63, 3.8) is 0 Å². The lowest BCUT2D eigenvalue weighted by Crippen LogP contribution is -1.78. The van der Waals surface area contributed by atoms with Gasteiger partial charge in [0.25, 0.3) is 0 Å². The van der Waals surface area contributed by atoms with Crippen molar-refractivity contribution >= 4 is 21.7 Å². The molecule has 4 rings (SSSR count). The van der Waals surface area contributed by atoms with E-state index in [0.717, 1.165) is 33.1 Å². The fraction of sp³-hybridized carbons (Fsp3) is 0.0500. The van der Waals surface area contributed by atoms with Crippen molar-refractivity contribution < 1.29 is 4.42 Å². The lowest BCUT2D eigenvalue weighted by Gasteiger charge is -2.00. The van der Waals surface area contributed by atoms with Gasteiger partial charge in [-0.05, 0) is 47.5 Å². The van der Waals surface area contributed by atoms with Gasteiger partial charge < -0.3 is 4.42 Å². The molecule has 0 aliphatic heterocycles. The van der Waals surface area contributed by atoms with Gasteiger partial charge in [0.15, 0.2) is 0 Å². The molecule has 0 bridgehead atoms. The highest BCUT2D eigenvalue weighted by atomic mass is 16.3. The molecule has 0 aliphatic rings. The summed E-state index contributed by atoms with van der Waals surface area (Å²) in [5.41, 5.74) is 3.85. The zero-order valence-corrected chi connectivity index (χ0v) is 12.1. The number of benzene rings is 3. The minimum atomic E-state index is 0.675. The molecule has 0 amide bonds. The summed E-state index contributed by atoms with van der Waals surface area (Å²) < 4.78 is 6.03. The summed E-state index contributed by atoms with van der Waals surface area (Å²) in [7, 11) is 0. The van der Waals surface area contributed by atoms with Crippen molar-refractivity contribution in [1.82, 2.24) is 0 Å². The summed E-state index contributed by atoms with van der Waals surface area (Å²) >= 11 is 0. The summed E-state index contributed by atoms with van der Waals surface area (Å²) in [5.74, 6) is 0.880. The Hall–Kier alpha value is -3.05. The van der Waals surface area contributed by atoms with E-state index in [1.54, 1.807) is 0 Å². The molecule has 1 aromatic heterocycles. The molecule has 0 saturated carbocycles. The van der Waals surface area contributed by atoms with Gasteiger partial charge in [0.1, 0.15) is 11.3 Å². The molecule has 0 unspecified atom stereocenters. The van der Waals surface area contributed by atoms with Crippen molar-refractivity contribution in [2.45, 2.75) is 6.92 Å². The van der Waals surface area contributed by atoms with E-state index in [4.69, 9.17) is 9.68 Å². The molecule has 0 spiro atoms. The van der Waals surface area contributed by atoms with Gasteiger partial charge in [-0.3, -0.25) is 0 Å². The average Bonchev–Trinajstić information content (AvgIpc) is 2.99. The largest absolute Gasteiger partial charge is 0.456 e. The van der Waals surface area contributed by atoms with E-state index in [1.165, 1.54) is 5.56 Å². The van der Waals surface area contributed by atoms with E-state index in [9.17, 15) is 0 Å². The second-order valence-electron chi connectivity index (χ2n) is 5.45. The molecule has 0 fully saturated rings. The van der Waals surface area contributed by atoms with Gasteiger partial charge >= 0.3 is 0 Å². The van der Waals surface area contributed by atoms with Crippen molar-refractivity contribution in [2.75, 3.05) is 0 Å². The highest BCUT2D eigenvalue weighted by Crippen LogP contribution is 2.34. The molecule has 3 aromatic carbocycles. The van der Waals surface area contributed by atoms with E-state index in [1.807, 2.05) is 42.5 Å². The predicted octanol–water partition coefficient (Wildman–Crippen LogP) is 5.43. The quantitative estimate of drug-likeness (QED) is 0.467. The SMILES string of the molecule is Cc1ccccc1-c1cc2c(ccc3cc(C#N)ccc32)o1. The number of hydrogen-bond acceptors (Lipinski definition) is 2. The van der Waals surface area contributed by atoms with Crippen LogP contribution in [0.25, 0.3) is 33.1 Å². The first-order valence-corrected chi connectivity index (χ1v) is 7.19. The number of nitriles is 1. The van der Waals surface area contributed by atoms with Crippen molar-refractivity contribution in [2.24, 2.45) is 0 Å². The third-order valence-electron chi connectivity index (χ3n) is 4.06. The molecular weight excluding hydrogens is 270 g/mol. The standard InChI is InChI=1S/C20H13NO/c1-13-4-2-3-5-16(13)20-11-18-17-8-6-14(12-21)10-15(17)7-9-19(18)22-20/h2-11H,1H3. The van der Waals surface area contributed by atoms with Crippen molar-refractivity contribution in [1.29, 1.82) is 5.26 Å². The van der Waals surface area contributed by atoms with Crippen LogP contribution in [0.1, 0.15) is 11.1 Å². The van der Waals surface area contributed by atoms with Gasteiger partial charge in [-0.2, -0.15) is 5.26 Å². The summed E-state index contributed by atoms with van der Waals surface area (Å²) in [5, 5.41) is 12.3. The molecular formula is C20H13NO. The highest BCUT2D eigenvalue weighted by molar-refractivity contribution is 6.07. The normalized spacial score (nSPS) is 10.9. The van der Waals surface area contributed by atoms with Crippen LogP contribution in [0.2, 0.25) is 0 Å². The number of furan rings is 1. The first-order chi connectivity index (χ1) is 10.8. The highest BCUT2D eigenvalue weighted by Gasteiger charge is 2.10. The fourth-order valence-corrected chi connectivity index (χ4v) is 2.90. The Bertz CT molecular complexity index is 1050. The lowest BCUT2D eigenvalue weighted by atomic mass is 10.0. The smallest absolute Gasteiger partial charge is 0.135 e.